The van der Waals surface area contributed by atoms with Gasteiger partial charge in [-0.2, -0.15) is 0 Å². The highest BCUT2D eigenvalue weighted by Gasteiger charge is 2.41. The first kappa shape index (κ1) is 10.9. The molecule has 2 fully saturated rings. The van der Waals surface area contributed by atoms with Crippen LogP contribution < -0.4 is 5.32 Å². The van der Waals surface area contributed by atoms with Crippen LogP contribution in [0.3, 0.4) is 0 Å². The van der Waals surface area contributed by atoms with E-state index in [2.05, 4.69) is 34.6 Å². The fraction of sp³-hybridized carbons (Fsp3) is 0.643. The lowest BCUT2D eigenvalue weighted by Crippen LogP contribution is -2.18. The molecule has 0 saturated heterocycles. The topological polar surface area (TPSA) is 29.9 Å². The molecule has 1 aromatic heterocycles. The van der Waals surface area contributed by atoms with Crippen LogP contribution in [0.2, 0.25) is 0 Å². The second kappa shape index (κ2) is 4.21. The van der Waals surface area contributed by atoms with E-state index in [0.717, 1.165) is 30.0 Å². The van der Waals surface area contributed by atoms with Crippen molar-refractivity contribution in [2.24, 2.45) is 11.8 Å². The zero-order valence-corrected chi connectivity index (χ0v) is 10.5. The van der Waals surface area contributed by atoms with Crippen molar-refractivity contribution >= 4 is 5.95 Å². The molecular formula is C14H21N3. The van der Waals surface area contributed by atoms with Crippen LogP contribution in [0.4, 0.5) is 5.95 Å². The molecule has 2 bridgehead atoms. The first-order valence-electron chi connectivity index (χ1n) is 6.68. The van der Waals surface area contributed by atoms with Crippen molar-refractivity contribution in [3.05, 3.63) is 24.5 Å². The molecule has 0 aliphatic heterocycles. The van der Waals surface area contributed by atoms with Crippen molar-refractivity contribution < 1.29 is 0 Å². The van der Waals surface area contributed by atoms with Gasteiger partial charge in [0, 0.05) is 18.8 Å². The maximum absolute atomic E-state index is 4.58. The van der Waals surface area contributed by atoms with Gasteiger partial charge in [0.2, 0.25) is 5.95 Å². The van der Waals surface area contributed by atoms with Gasteiger partial charge in [-0.25, -0.2) is 4.98 Å². The minimum atomic E-state index is 0.683. The number of anilines is 1. The highest BCUT2D eigenvalue weighted by molar-refractivity contribution is 5.31. The normalized spacial score (nSPS) is 30.8. The summed E-state index contributed by atoms with van der Waals surface area (Å²) in [4.78, 5) is 4.58. The molecule has 0 radical (unpaired) electrons. The Bertz CT molecular complexity index is 421. The van der Waals surface area contributed by atoms with Gasteiger partial charge in [-0.05, 0) is 38.0 Å². The third-order valence-electron chi connectivity index (χ3n) is 4.32. The summed E-state index contributed by atoms with van der Waals surface area (Å²) in [5, 5.41) is 3.35. The van der Waals surface area contributed by atoms with Crippen LogP contribution in [0.5, 0.6) is 0 Å². The molecule has 1 N–H and O–H groups in total. The maximum Gasteiger partial charge on any atom is 0.203 e. The molecule has 2 aliphatic rings. The fourth-order valence-electron chi connectivity index (χ4n) is 3.61. The first-order valence-corrected chi connectivity index (χ1v) is 6.68. The molecule has 17 heavy (non-hydrogen) atoms. The van der Waals surface area contributed by atoms with Crippen LogP contribution >= 0.6 is 0 Å². The SMILES string of the molecule is C=CCNc1nc(C)cn1C1CC2CCC1C2. The van der Waals surface area contributed by atoms with Gasteiger partial charge in [0.25, 0.3) is 0 Å². The summed E-state index contributed by atoms with van der Waals surface area (Å²) in [6.07, 6.45) is 9.73. The van der Waals surface area contributed by atoms with Crippen molar-refractivity contribution in [2.45, 2.75) is 38.6 Å². The number of nitrogens with zero attached hydrogens (tertiary/aromatic N) is 2. The Hall–Kier alpha value is -1.25. The lowest BCUT2D eigenvalue weighted by Gasteiger charge is -2.24. The predicted octanol–water partition coefficient (Wildman–Crippen LogP) is 3.15. The Labute approximate surface area is 103 Å². The molecule has 3 unspecified atom stereocenters. The zero-order valence-electron chi connectivity index (χ0n) is 10.5. The van der Waals surface area contributed by atoms with Gasteiger partial charge in [0.1, 0.15) is 0 Å². The lowest BCUT2D eigenvalue weighted by molar-refractivity contribution is 0.332. The zero-order chi connectivity index (χ0) is 11.8. The van der Waals surface area contributed by atoms with Crippen LogP contribution in [0, 0.1) is 18.8 Å². The molecule has 3 atom stereocenters. The van der Waals surface area contributed by atoms with E-state index in [1.165, 1.54) is 25.7 Å². The van der Waals surface area contributed by atoms with Crippen molar-refractivity contribution in [1.82, 2.24) is 9.55 Å². The molecule has 92 valence electrons. The van der Waals surface area contributed by atoms with Crippen LogP contribution in [-0.2, 0) is 0 Å². The smallest absolute Gasteiger partial charge is 0.203 e. The Kier molecular flexibility index (Phi) is 2.69. The van der Waals surface area contributed by atoms with Gasteiger partial charge in [-0.15, -0.1) is 6.58 Å². The fourth-order valence-corrected chi connectivity index (χ4v) is 3.61. The molecule has 3 rings (SSSR count). The van der Waals surface area contributed by atoms with E-state index in [1.807, 2.05) is 6.08 Å². The second-order valence-electron chi connectivity index (χ2n) is 5.52. The maximum atomic E-state index is 4.58. The van der Waals surface area contributed by atoms with E-state index in [1.54, 1.807) is 0 Å². The molecule has 0 spiro atoms. The quantitative estimate of drug-likeness (QED) is 0.807. The van der Waals surface area contributed by atoms with E-state index in [9.17, 15) is 0 Å². The molecule has 0 aromatic carbocycles. The lowest BCUT2D eigenvalue weighted by atomic mass is 9.95. The highest BCUT2D eigenvalue weighted by atomic mass is 15.2. The third kappa shape index (κ3) is 1.88. The number of nitrogens with one attached hydrogen (secondary N) is 1. The molecule has 0 amide bonds. The van der Waals surface area contributed by atoms with Gasteiger partial charge < -0.3 is 9.88 Å². The molecule has 2 saturated carbocycles. The third-order valence-corrected chi connectivity index (χ3v) is 4.32. The Morgan fingerprint density at radius 3 is 3.06 bits per heavy atom. The summed E-state index contributed by atoms with van der Waals surface area (Å²) < 4.78 is 2.38. The van der Waals surface area contributed by atoms with Gasteiger partial charge in [0.05, 0.1) is 5.69 Å². The van der Waals surface area contributed by atoms with Crippen LogP contribution in [0.15, 0.2) is 18.9 Å². The molecule has 3 nitrogen and oxygen atoms in total. The van der Waals surface area contributed by atoms with Crippen LogP contribution in [0.25, 0.3) is 0 Å². The number of hydrogen-bond donors (Lipinski definition) is 1. The summed E-state index contributed by atoms with van der Waals surface area (Å²) >= 11 is 0. The number of rotatable bonds is 4. The monoisotopic (exact) mass is 231 g/mol. The number of aromatic nitrogens is 2. The highest BCUT2D eigenvalue weighted by Crippen LogP contribution is 2.51. The Morgan fingerprint density at radius 2 is 2.41 bits per heavy atom. The van der Waals surface area contributed by atoms with Crippen molar-refractivity contribution in [3.8, 4) is 0 Å². The summed E-state index contributed by atoms with van der Waals surface area (Å²) in [7, 11) is 0. The summed E-state index contributed by atoms with van der Waals surface area (Å²) in [5.41, 5.74) is 1.11. The number of aryl methyl sites for hydroxylation is 1. The molecule has 1 aromatic rings. The van der Waals surface area contributed by atoms with Crippen molar-refractivity contribution in [2.75, 3.05) is 11.9 Å². The minimum absolute atomic E-state index is 0.683. The standard InChI is InChI=1S/C14H21N3/c1-3-6-15-14-16-10(2)9-17(14)13-8-11-4-5-12(13)7-11/h3,9,11-13H,1,4-8H2,2H3,(H,15,16). The Balaban J connectivity index is 1.84. The predicted molar refractivity (Wildman–Crippen MR) is 70.1 cm³/mol. The molecule has 2 aliphatic carbocycles. The average Bonchev–Trinajstić information content (AvgIpc) is 3.00. The van der Waals surface area contributed by atoms with Gasteiger partial charge >= 0.3 is 0 Å². The minimum Gasteiger partial charge on any atom is -0.352 e. The van der Waals surface area contributed by atoms with Crippen LogP contribution in [0.1, 0.15) is 37.4 Å². The van der Waals surface area contributed by atoms with E-state index < -0.39 is 0 Å². The van der Waals surface area contributed by atoms with E-state index in [0.29, 0.717) is 6.04 Å². The second-order valence-corrected chi connectivity index (χ2v) is 5.52. The van der Waals surface area contributed by atoms with Gasteiger partial charge in [-0.1, -0.05) is 12.5 Å². The molecular weight excluding hydrogens is 210 g/mol. The van der Waals surface area contributed by atoms with E-state index in [4.69, 9.17) is 0 Å². The summed E-state index contributed by atoms with van der Waals surface area (Å²) in [6, 6.07) is 0.683. The van der Waals surface area contributed by atoms with E-state index in [-0.39, 0.29) is 0 Å². The largest absolute Gasteiger partial charge is 0.352 e. The Morgan fingerprint density at radius 1 is 1.53 bits per heavy atom. The van der Waals surface area contributed by atoms with Gasteiger partial charge in [0.15, 0.2) is 0 Å². The average molecular weight is 231 g/mol. The van der Waals surface area contributed by atoms with E-state index >= 15 is 0 Å². The van der Waals surface area contributed by atoms with Crippen molar-refractivity contribution in [1.29, 1.82) is 0 Å². The summed E-state index contributed by atoms with van der Waals surface area (Å²) in [5.74, 6) is 2.89. The number of fused-ring (bicyclic) bond motifs is 2. The van der Waals surface area contributed by atoms with Crippen LogP contribution in [-0.4, -0.2) is 16.1 Å². The van der Waals surface area contributed by atoms with Gasteiger partial charge in [-0.3, -0.25) is 0 Å². The first-order chi connectivity index (χ1) is 8.28. The number of hydrogen-bond acceptors (Lipinski definition) is 2. The van der Waals surface area contributed by atoms with Crippen molar-refractivity contribution in [3.63, 3.8) is 0 Å². The molecule has 3 heteroatoms. The summed E-state index contributed by atoms with van der Waals surface area (Å²) in [6.45, 7) is 6.61. The number of imidazole rings is 1. The molecule has 1 heterocycles.